The van der Waals surface area contributed by atoms with Gasteiger partial charge in [-0.05, 0) is 61.0 Å². The average molecular weight is 573 g/mol. The van der Waals surface area contributed by atoms with Crippen molar-refractivity contribution in [1.29, 1.82) is 0 Å². The third-order valence-corrected chi connectivity index (χ3v) is 9.01. The van der Waals surface area contributed by atoms with Crippen LogP contribution in [-0.2, 0) is 16.4 Å². The van der Waals surface area contributed by atoms with E-state index in [1.165, 1.54) is 59.5 Å². The summed E-state index contributed by atoms with van der Waals surface area (Å²) in [6.45, 7) is 2.47. The van der Waals surface area contributed by atoms with Gasteiger partial charge in [0.25, 0.3) is 11.8 Å². The third kappa shape index (κ3) is 4.80. The van der Waals surface area contributed by atoms with Crippen LogP contribution in [0.1, 0.15) is 44.8 Å². The van der Waals surface area contributed by atoms with Crippen molar-refractivity contribution in [2.45, 2.75) is 29.3 Å². The maximum absolute atomic E-state index is 14.7. The highest BCUT2D eigenvalue weighted by Crippen LogP contribution is 2.39. The number of fused-ring (bicyclic) bond motifs is 3. The molecular weight excluding hydrogens is 547 g/mol. The number of carbonyl (C=O) groups is 2. The third-order valence-electron chi connectivity index (χ3n) is 7.15. The minimum Gasteiger partial charge on any atom is -0.486 e. The van der Waals surface area contributed by atoms with Crippen LogP contribution in [0.2, 0.25) is 0 Å². The molecule has 0 bridgehead atoms. The first kappa shape index (κ1) is 26.5. The zero-order chi connectivity index (χ0) is 28.7. The van der Waals surface area contributed by atoms with Gasteiger partial charge in [-0.1, -0.05) is 36.4 Å². The number of nitrogens with zero attached hydrogens (tertiary/aromatic N) is 1. The average Bonchev–Trinajstić information content (AvgIpc) is 3.05. The van der Waals surface area contributed by atoms with Gasteiger partial charge >= 0.3 is 0 Å². The molecule has 41 heavy (non-hydrogen) atoms. The number of benzene rings is 4. The predicted octanol–water partition coefficient (Wildman–Crippen LogP) is 5.08. The summed E-state index contributed by atoms with van der Waals surface area (Å²) >= 11 is 0. The quantitative estimate of drug-likeness (QED) is 0.358. The van der Waals surface area contributed by atoms with Crippen molar-refractivity contribution in [2.75, 3.05) is 18.1 Å². The van der Waals surface area contributed by atoms with Gasteiger partial charge in [0.05, 0.1) is 33.6 Å². The number of halogens is 1. The van der Waals surface area contributed by atoms with E-state index < -0.39 is 33.5 Å². The highest BCUT2D eigenvalue weighted by atomic mass is 32.2. The molecule has 1 N–H and O–H groups in total. The molecule has 0 fully saturated rings. The number of amides is 2. The standard InChI is InChI=1S/C31H25FN2O6S/c1-19(20-10-12-26-27(17-20)40-15-14-39-26)33-30(35)21-11-13-29-25(16-21)34(18-22-6-2-4-8-24(22)32)31(36)23-7-3-5-9-28(23)41(29,37)38/h2-13,16-17,19H,14-15,18H2,1H3,(H,33,35). The van der Waals surface area contributed by atoms with Crippen LogP contribution in [0.25, 0.3) is 0 Å². The first-order valence-corrected chi connectivity index (χ1v) is 14.5. The Kier molecular flexibility index (Phi) is 6.70. The lowest BCUT2D eigenvalue weighted by Gasteiger charge is -2.24. The number of nitrogens with one attached hydrogen (secondary N) is 1. The van der Waals surface area contributed by atoms with E-state index in [-0.39, 0.29) is 38.7 Å². The molecule has 0 radical (unpaired) electrons. The summed E-state index contributed by atoms with van der Waals surface area (Å²) < 4.78 is 53.3. The van der Waals surface area contributed by atoms with E-state index in [0.29, 0.717) is 24.7 Å². The minimum atomic E-state index is -4.14. The Morgan fingerprint density at radius 2 is 1.66 bits per heavy atom. The Morgan fingerprint density at radius 1 is 0.927 bits per heavy atom. The van der Waals surface area contributed by atoms with Gasteiger partial charge in [0.15, 0.2) is 11.5 Å². The second kappa shape index (κ2) is 10.4. The molecular formula is C31H25FN2O6S. The monoisotopic (exact) mass is 572 g/mol. The fraction of sp³-hybridized carbons (Fsp3) is 0.161. The van der Waals surface area contributed by atoms with Crippen LogP contribution in [0, 0.1) is 5.82 Å². The van der Waals surface area contributed by atoms with E-state index in [2.05, 4.69) is 5.32 Å². The van der Waals surface area contributed by atoms with E-state index in [1.807, 2.05) is 13.0 Å². The number of hydrogen-bond acceptors (Lipinski definition) is 6. The Bertz CT molecular complexity index is 1810. The summed E-state index contributed by atoms with van der Waals surface area (Å²) in [6.07, 6.45) is 0. The number of rotatable bonds is 5. The first-order chi connectivity index (χ1) is 19.7. The van der Waals surface area contributed by atoms with Gasteiger partial charge in [-0.3, -0.25) is 9.59 Å². The summed E-state index contributed by atoms with van der Waals surface area (Å²) in [6, 6.07) is 20.9. The van der Waals surface area contributed by atoms with E-state index in [4.69, 9.17) is 9.47 Å². The lowest BCUT2D eigenvalue weighted by molar-refractivity contribution is 0.0937. The zero-order valence-corrected chi connectivity index (χ0v) is 22.8. The Morgan fingerprint density at radius 3 is 2.46 bits per heavy atom. The maximum Gasteiger partial charge on any atom is 0.259 e. The minimum absolute atomic E-state index is 0.00548. The molecule has 8 nitrogen and oxygen atoms in total. The summed E-state index contributed by atoms with van der Waals surface area (Å²) in [7, 11) is -4.14. The van der Waals surface area contributed by atoms with Gasteiger partial charge in [-0.15, -0.1) is 0 Å². The van der Waals surface area contributed by atoms with Crippen molar-refractivity contribution in [3.63, 3.8) is 0 Å². The first-order valence-electron chi connectivity index (χ1n) is 13.0. The van der Waals surface area contributed by atoms with Crippen molar-refractivity contribution in [3.05, 3.63) is 113 Å². The normalized spacial score (nSPS) is 15.8. The van der Waals surface area contributed by atoms with E-state index >= 15 is 0 Å². The van der Waals surface area contributed by atoms with Crippen molar-refractivity contribution in [3.8, 4) is 11.5 Å². The van der Waals surface area contributed by atoms with E-state index in [9.17, 15) is 22.4 Å². The molecule has 10 heteroatoms. The van der Waals surface area contributed by atoms with Gasteiger partial charge < -0.3 is 19.7 Å². The topological polar surface area (TPSA) is 102 Å². The number of sulfone groups is 1. The number of ether oxygens (including phenoxy) is 2. The van der Waals surface area contributed by atoms with Crippen LogP contribution in [-0.4, -0.2) is 33.4 Å². The second-order valence-corrected chi connectivity index (χ2v) is 11.6. The molecule has 0 aromatic heterocycles. The van der Waals surface area contributed by atoms with E-state index in [1.54, 1.807) is 24.3 Å². The molecule has 0 saturated heterocycles. The van der Waals surface area contributed by atoms with Crippen molar-refractivity contribution >= 4 is 27.3 Å². The lowest BCUT2D eigenvalue weighted by Crippen LogP contribution is -2.31. The molecule has 1 unspecified atom stereocenters. The van der Waals surface area contributed by atoms with Crippen LogP contribution >= 0.6 is 0 Å². The van der Waals surface area contributed by atoms with Gasteiger partial charge in [0, 0.05) is 11.1 Å². The molecule has 2 amide bonds. The highest BCUT2D eigenvalue weighted by molar-refractivity contribution is 7.91. The molecule has 2 aliphatic rings. The van der Waals surface area contributed by atoms with Crippen LogP contribution in [0.4, 0.5) is 10.1 Å². The Labute approximate surface area is 236 Å². The molecule has 0 saturated carbocycles. The molecule has 2 heterocycles. The van der Waals surface area contributed by atoms with Gasteiger partial charge in [0.2, 0.25) is 9.84 Å². The van der Waals surface area contributed by atoms with Crippen molar-refractivity contribution < 1.29 is 31.9 Å². The smallest absolute Gasteiger partial charge is 0.259 e. The fourth-order valence-electron chi connectivity index (χ4n) is 4.99. The van der Waals surface area contributed by atoms with Crippen LogP contribution in [0.15, 0.2) is 94.7 Å². The van der Waals surface area contributed by atoms with Crippen LogP contribution < -0.4 is 19.7 Å². The molecule has 1 atom stereocenters. The summed E-state index contributed by atoms with van der Waals surface area (Å²) in [5.74, 6) is -0.413. The summed E-state index contributed by atoms with van der Waals surface area (Å²) in [4.78, 5) is 28.1. The van der Waals surface area contributed by atoms with Gasteiger partial charge in [-0.2, -0.15) is 0 Å². The molecule has 6 rings (SSSR count). The van der Waals surface area contributed by atoms with Crippen molar-refractivity contribution in [2.24, 2.45) is 0 Å². The highest BCUT2D eigenvalue weighted by Gasteiger charge is 2.36. The molecule has 4 aromatic rings. The fourth-order valence-corrected chi connectivity index (χ4v) is 6.63. The summed E-state index contributed by atoms with van der Waals surface area (Å²) in [5, 5.41) is 2.92. The molecule has 2 aliphatic heterocycles. The number of anilines is 1. The van der Waals surface area contributed by atoms with Crippen LogP contribution in [0.5, 0.6) is 11.5 Å². The Balaban J connectivity index is 1.39. The zero-order valence-electron chi connectivity index (χ0n) is 22.0. The molecule has 4 aromatic carbocycles. The maximum atomic E-state index is 14.7. The van der Waals surface area contributed by atoms with Crippen LogP contribution in [0.3, 0.4) is 0 Å². The molecule has 0 aliphatic carbocycles. The van der Waals surface area contributed by atoms with E-state index in [0.717, 1.165) is 5.56 Å². The van der Waals surface area contributed by atoms with Gasteiger partial charge in [-0.25, -0.2) is 12.8 Å². The number of hydrogen-bond donors (Lipinski definition) is 1. The SMILES string of the molecule is CC(NC(=O)c1ccc2c(c1)N(Cc1ccccc1F)C(=O)c1ccccc1S2(=O)=O)c1ccc2c(c1)OCCO2. The van der Waals surface area contributed by atoms with Gasteiger partial charge in [0.1, 0.15) is 19.0 Å². The summed E-state index contributed by atoms with van der Waals surface area (Å²) in [5.41, 5.74) is 1.09. The second-order valence-electron chi connectivity index (χ2n) is 9.76. The largest absolute Gasteiger partial charge is 0.486 e. The van der Waals surface area contributed by atoms with Crippen molar-refractivity contribution in [1.82, 2.24) is 5.32 Å². The Hall–Kier alpha value is -4.70. The molecule has 0 spiro atoms. The lowest BCUT2D eigenvalue weighted by atomic mass is 10.1. The molecule has 208 valence electrons. The predicted molar refractivity (Wildman–Crippen MR) is 149 cm³/mol. The number of carbonyl (C=O) groups excluding carboxylic acids is 2.